The topological polar surface area (TPSA) is 73.0 Å². The highest BCUT2D eigenvalue weighted by atomic mass is 79.9. The molecule has 1 N–H and O–H groups in total. The number of benzene rings is 3. The molecule has 0 aliphatic carbocycles. The number of nitrogens with zero attached hydrogens (tertiary/aromatic N) is 3. The third-order valence-corrected chi connectivity index (χ3v) is 8.41. The number of piperazine rings is 1. The molecule has 0 aromatic heterocycles. The van der Waals surface area contributed by atoms with Gasteiger partial charge in [-0.1, -0.05) is 84.7 Å². The quantitative estimate of drug-likeness (QED) is 0.422. The van der Waals surface area contributed by atoms with Crippen LogP contribution in [0.2, 0.25) is 0 Å². The molecule has 0 saturated carbocycles. The summed E-state index contributed by atoms with van der Waals surface area (Å²) in [4.78, 5) is 45.5. The van der Waals surface area contributed by atoms with E-state index in [-0.39, 0.29) is 49.8 Å². The fourth-order valence-electron chi connectivity index (χ4n) is 5.62. The lowest BCUT2D eigenvalue weighted by atomic mass is 9.91. The summed E-state index contributed by atoms with van der Waals surface area (Å²) < 4.78 is 15.0. The molecule has 5 rings (SSSR count). The van der Waals surface area contributed by atoms with E-state index in [0.717, 1.165) is 16.3 Å². The Kier molecular flexibility index (Phi) is 7.88. The molecule has 2 aliphatic heterocycles. The van der Waals surface area contributed by atoms with Gasteiger partial charge >= 0.3 is 6.03 Å². The zero-order chi connectivity index (χ0) is 27.7. The molecular formula is C30H32BrFN4O3. The molecule has 2 fully saturated rings. The minimum absolute atomic E-state index is 0.0164. The number of amides is 4. The number of carbonyl (C=O) groups is 3. The van der Waals surface area contributed by atoms with Crippen LogP contribution in [0.15, 0.2) is 65.1 Å². The van der Waals surface area contributed by atoms with Crippen LogP contribution in [0.25, 0.3) is 10.8 Å². The van der Waals surface area contributed by atoms with Crippen molar-refractivity contribution in [1.82, 2.24) is 20.0 Å². The highest BCUT2D eigenvalue weighted by Crippen LogP contribution is 2.32. The number of carbonyl (C=O) groups excluding carboxylic acids is 3. The van der Waals surface area contributed by atoms with E-state index in [4.69, 9.17) is 0 Å². The van der Waals surface area contributed by atoms with E-state index in [1.165, 1.54) is 6.07 Å². The van der Waals surface area contributed by atoms with E-state index in [1.54, 1.807) is 26.8 Å². The van der Waals surface area contributed by atoms with Gasteiger partial charge < -0.3 is 20.0 Å². The Morgan fingerprint density at radius 3 is 2.64 bits per heavy atom. The second-order valence-electron chi connectivity index (χ2n) is 10.3. The molecular weight excluding hydrogens is 563 g/mol. The maximum Gasteiger partial charge on any atom is 0.319 e. The van der Waals surface area contributed by atoms with Crippen LogP contribution in [0.5, 0.6) is 0 Å². The Morgan fingerprint density at radius 2 is 1.87 bits per heavy atom. The van der Waals surface area contributed by atoms with E-state index in [2.05, 4.69) is 21.2 Å². The first-order valence-corrected chi connectivity index (χ1v) is 14.1. The van der Waals surface area contributed by atoms with E-state index in [9.17, 15) is 18.8 Å². The number of halogens is 2. The lowest BCUT2D eigenvalue weighted by Crippen LogP contribution is -2.72. The molecule has 9 heteroatoms. The van der Waals surface area contributed by atoms with Crippen molar-refractivity contribution in [3.8, 4) is 0 Å². The Bertz CT molecular complexity index is 1410. The molecule has 204 valence electrons. The zero-order valence-corrected chi connectivity index (χ0v) is 23.7. The van der Waals surface area contributed by atoms with Gasteiger partial charge in [-0.05, 0) is 34.4 Å². The van der Waals surface area contributed by atoms with Gasteiger partial charge in [-0.15, -0.1) is 0 Å². The molecule has 2 saturated heterocycles. The van der Waals surface area contributed by atoms with Gasteiger partial charge in [0.15, 0.2) is 0 Å². The molecule has 3 aromatic rings. The molecule has 2 heterocycles. The van der Waals surface area contributed by atoms with Crippen molar-refractivity contribution < 1.29 is 18.8 Å². The van der Waals surface area contributed by atoms with Crippen LogP contribution in [-0.2, 0) is 22.7 Å². The van der Waals surface area contributed by atoms with Crippen molar-refractivity contribution in [2.24, 2.45) is 5.92 Å². The normalized spacial score (nSPS) is 20.3. The second kappa shape index (κ2) is 11.3. The van der Waals surface area contributed by atoms with Crippen LogP contribution in [0.1, 0.15) is 37.8 Å². The summed E-state index contributed by atoms with van der Waals surface area (Å²) in [6, 6.07) is 17.8. The molecule has 2 aliphatic rings. The van der Waals surface area contributed by atoms with Gasteiger partial charge in [0, 0.05) is 36.1 Å². The minimum Gasteiger partial charge on any atom is -0.334 e. The number of rotatable bonds is 6. The van der Waals surface area contributed by atoms with Crippen molar-refractivity contribution >= 4 is 44.5 Å². The number of fused-ring (bicyclic) bond motifs is 2. The van der Waals surface area contributed by atoms with E-state index in [0.29, 0.717) is 23.0 Å². The van der Waals surface area contributed by atoms with Gasteiger partial charge in [0.2, 0.25) is 11.8 Å². The summed E-state index contributed by atoms with van der Waals surface area (Å²) in [6.07, 6.45) is 0.247. The molecule has 4 amide bonds. The summed E-state index contributed by atoms with van der Waals surface area (Å²) in [5.41, 5.74) is 1.38. The largest absolute Gasteiger partial charge is 0.334 e. The molecule has 0 radical (unpaired) electrons. The Balaban J connectivity index is 1.43. The Labute approximate surface area is 236 Å². The van der Waals surface area contributed by atoms with Crippen LogP contribution in [0.4, 0.5) is 9.18 Å². The van der Waals surface area contributed by atoms with Crippen LogP contribution < -0.4 is 5.32 Å². The summed E-state index contributed by atoms with van der Waals surface area (Å²) in [5, 5.41) is 4.99. The van der Waals surface area contributed by atoms with Crippen LogP contribution in [-0.4, -0.2) is 57.8 Å². The summed E-state index contributed by atoms with van der Waals surface area (Å²) in [5.74, 6) is -0.715. The van der Waals surface area contributed by atoms with Crippen LogP contribution >= 0.6 is 15.9 Å². The lowest BCUT2D eigenvalue weighted by Gasteiger charge is -2.53. The average Bonchev–Trinajstić information content (AvgIpc) is 2.93. The molecule has 7 nitrogen and oxygen atoms in total. The average molecular weight is 596 g/mol. The second-order valence-corrected chi connectivity index (χ2v) is 11.2. The molecule has 3 aromatic carbocycles. The van der Waals surface area contributed by atoms with Crippen molar-refractivity contribution in [2.75, 3.05) is 13.1 Å². The lowest BCUT2D eigenvalue weighted by molar-refractivity contribution is -0.170. The van der Waals surface area contributed by atoms with Gasteiger partial charge in [0.25, 0.3) is 0 Å². The third kappa shape index (κ3) is 5.37. The van der Waals surface area contributed by atoms with Gasteiger partial charge in [-0.2, -0.15) is 0 Å². The highest BCUT2D eigenvalue weighted by Gasteiger charge is 2.50. The SMILES string of the molecule is CC[C@H](C)[C@H]1C(=O)N(Cc2cccc3ccccc23)C[C@@H]2N(C(=O)NCc3ccc(Br)cc3F)CCC(=O)N12. The zero-order valence-electron chi connectivity index (χ0n) is 22.1. The third-order valence-electron chi connectivity index (χ3n) is 7.91. The predicted octanol–water partition coefficient (Wildman–Crippen LogP) is 5.27. The van der Waals surface area contributed by atoms with Gasteiger partial charge in [-0.25, -0.2) is 9.18 Å². The van der Waals surface area contributed by atoms with Crippen molar-refractivity contribution in [2.45, 2.75) is 52.0 Å². The monoisotopic (exact) mass is 594 g/mol. The molecule has 0 bridgehead atoms. The van der Waals surface area contributed by atoms with Crippen molar-refractivity contribution in [1.29, 1.82) is 0 Å². The first kappa shape index (κ1) is 27.1. The van der Waals surface area contributed by atoms with Crippen molar-refractivity contribution in [3.63, 3.8) is 0 Å². The number of urea groups is 1. The first-order chi connectivity index (χ1) is 18.8. The maximum absolute atomic E-state index is 14.4. The molecule has 3 atom stereocenters. The number of hydrogen-bond acceptors (Lipinski definition) is 3. The summed E-state index contributed by atoms with van der Waals surface area (Å²) in [7, 11) is 0. The maximum atomic E-state index is 14.4. The number of hydrogen-bond donors (Lipinski definition) is 1. The summed E-state index contributed by atoms with van der Waals surface area (Å²) in [6.45, 7) is 4.82. The standard InChI is InChI=1S/C30H32BrFN4O3/c1-3-19(2)28-29(38)34(17-22-9-6-8-20-7-4-5-10-24(20)22)18-26-35(14-13-27(37)36(26)28)30(39)33-16-21-11-12-23(31)15-25(21)32/h4-12,15,19,26,28H,3,13-14,16-18H2,1-2H3,(H,33,39)/t19-,26+,28-/m0/s1. The van der Waals surface area contributed by atoms with Crippen LogP contribution in [0.3, 0.4) is 0 Å². The minimum atomic E-state index is -0.657. The molecule has 39 heavy (non-hydrogen) atoms. The highest BCUT2D eigenvalue weighted by molar-refractivity contribution is 9.10. The van der Waals surface area contributed by atoms with Gasteiger partial charge in [-0.3, -0.25) is 9.59 Å². The Morgan fingerprint density at radius 1 is 1.10 bits per heavy atom. The molecule has 0 spiro atoms. The van der Waals surface area contributed by atoms with Gasteiger partial charge in [0.05, 0.1) is 6.54 Å². The molecule has 0 unspecified atom stereocenters. The summed E-state index contributed by atoms with van der Waals surface area (Å²) >= 11 is 3.25. The smallest absolute Gasteiger partial charge is 0.319 e. The van der Waals surface area contributed by atoms with E-state index >= 15 is 0 Å². The fourth-order valence-corrected chi connectivity index (χ4v) is 5.96. The van der Waals surface area contributed by atoms with Crippen LogP contribution in [0, 0.1) is 11.7 Å². The fraction of sp³-hybridized carbons (Fsp3) is 0.367. The van der Waals surface area contributed by atoms with Gasteiger partial charge in [0.1, 0.15) is 18.0 Å². The number of nitrogens with one attached hydrogen (secondary N) is 1. The predicted molar refractivity (Wildman–Crippen MR) is 151 cm³/mol. The van der Waals surface area contributed by atoms with E-state index < -0.39 is 18.0 Å². The Hall–Kier alpha value is -3.46. The van der Waals surface area contributed by atoms with Crippen molar-refractivity contribution in [3.05, 3.63) is 82.1 Å². The van der Waals surface area contributed by atoms with E-state index in [1.807, 2.05) is 56.3 Å². The first-order valence-electron chi connectivity index (χ1n) is 13.3.